The van der Waals surface area contributed by atoms with Crippen LogP contribution < -0.4 is 9.64 Å². The van der Waals surface area contributed by atoms with Gasteiger partial charge in [0.05, 0.1) is 17.7 Å². The first-order valence-corrected chi connectivity index (χ1v) is 11.6. The molecule has 4 aromatic rings. The summed E-state index contributed by atoms with van der Waals surface area (Å²) in [7, 11) is 0. The van der Waals surface area contributed by atoms with Crippen molar-refractivity contribution >= 4 is 34.0 Å². The zero-order chi connectivity index (χ0) is 24.7. The van der Waals surface area contributed by atoms with Gasteiger partial charge in [0.15, 0.2) is 0 Å². The van der Waals surface area contributed by atoms with E-state index in [0.29, 0.717) is 17.0 Å². The lowest BCUT2D eigenvalue weighted by Gasteiger charge is -2.25. The predicted molar refractivity (Wildman–Crippen MR) is 136 cm³/mol. The molecule has 0 bridgehead atoms. The molecule has 1 aromatic heterocycles. The van der Waals surface area contributed by atoms with Crippen molar-refractivity contribution in [3.63, 3.8) is 0 Å². The minimum absolute atomic E-state index is 0.0435. The summed E-state index contributed by atoms with van der Waals surface area (Å²) in [5, 5.41) is 12.3. The Labute approximate surface area is 203 Å². The number of anilines is 1. The number of benzene rings is 3. The molecule has 1 amide bonds. The molecule has 176 valence electrons. The van der Waals surface area contributed by atoms with Crippen molar-refractivity contribution in [1.29, 1.82) is 0 Å². The summed E-state index contributed by atoms with van der Waals surface area (Å²) in [5.41, 5.74) is 3.69. The van der Waals surface area contributed by atoms with Gasteiger partial charge in [-0.25, -0.2) is 0 Å². The van der Waals surface area contributed by atoms with Crippen LogP contribution in [0.2, 0.25) is 0 Å². The van der Waals surface area contributed by atoms with Crippen molar-refractivity contribution < 1.29 is 19.4 Å². The van der Waals surface area contributed by atoms with Crippen LogP contribution >= 0.6 is 0 Å². The van der Waals surface area contributed by atoms with Gasteiger partial charge < -0.3 is 14.8 Å². The topological polar surface area (TPSA) is 82.6 Å². The van der Waals surface area contributed by atoms with E-state index >= 15 is 0 Å². The fourth-order valence-corrected chi connectivity index (χ4v) is 4.56. The Kier molecular flexibility index (Phi) is 5.65. The highest BCUT2D eigenvalue weighted by Crippen LogP contribution is 2.44. The molecule has 3 aromatic carbocycles. The zero-order valence-corrected chi connectivity index (χ0v) is 19.8. The van der Waals surface area contributed by atoms with Crippen LogP contribution in [0.3, 0.4) is 0 Å². The molecule has 0 saturated carbocycles. The van der Waals surface area contributed by atoms with Crippen molar-refractivity contribution in [1.82, 2.24) is 4.98 Å². The second-order valence-electron chi connectivity index (χ2n) is 8.99. The van der Waals surface area contributed by atoms with Crippen LogP contribution in [0.1, 0.15) is 36.6 Å². The fraction of sp³-hybridized carbons (Fsp3) is 0.172. The smallest absolute Gasteiger partial charge is 0.300 e. The number of ether oxygens (including phenoxy) is 1. The highest BCUT2D eigenvalue weighted by molar-refractivity contribution is 6.51. The van der Waals surface area contributed by atoms with Crippen LogP contribution in [0.15, 0.2) is 84.6 Å². The number of ketones is 1. The van der Waals surface area contributed by atoms with Gasteiger partial charge in [-0.3, -0.25) is 14.5 Å². The van der Waals surface area contributed by atoms with Crippen molar-refractivity contribution in [2.75, 3.05) is 4.90 Å². The molecule has 2 heterocycles. The quantitative estimate of drug-likeness (QED) is 0.218. The second kappa shape index (κ2) is 8.80. The SMILES string of the molecule is Cc1ccc(N2C(=O)C(=O)/C(=C(/O)c3cccc(OC(C)C)c3)C2c2c[nH]c3ccccc23)cc1. The van der Waals surface area contributed by atoms with Crippen LogP contribution in [-0.4, -0.2) is 27.9 Å². The highest BCUT2D eigenvalue weighted by atomic mass is 16.5. The summed E-state index contributed by atoms with van der Waals surface area (Å²) in [4.78, 5) is 31.5. The van der Waals surface area contributed by atoms with Gasteiger partial charge in [0.1, 0.15) is 11.5 Å². The number of aromatic nitrogens is 1. The minimum Gasteiger partial charge on any atom is -0.507 e. The Morgan fingerprint density at radius 2 is 1.74 bits per heavy atom. The third kappa shape index (κ3) is 3.97. The molecule has 1 aliphatic rings. The van der Waals surface area contributed by atoms with Crippen molar-refractivity contribution in [2.24, 2.45) is 0 Å². The summed E-state index contributed by atoms with van der Waals surface area (Å²) < 4.78 is 5.77. The lowest BCUT2D eigenvalue weighted by molar-refractivity contribution is -0.132. The van der Waals surface area contributed by atoms with Gasteiger partial charge in [-0.05, 0) is 51.1 Å². The first-order valence-electron chi connectivity index (χ1n) is 11.6. The van der Waals surface area contributed by atoms with E-state index in [1.54, 1.807) is 30.5 Å². The molecule has 0 aliphatic carbocycles. The third-order valence-corrected chi connectivity index (χ3v) is 6.15. The first kappa shape index (κ1) is 22.5. The van der Waals surface area contributed by atoms with E-state index in [2.05, 4.69) is 4.98 Å². The molecule has 6 heteroatoms. The average Bonchev–Trinajstić information content (AvgIpc) is 3.38. The van der Waals surface area contributed by atoms with Gasteiger partial charge in [0.25, 0.3) is 11.7 Å². The lowest BCUT2D eigenvalue weighted by Crippen LogP contribution is -2.29. The Hall–Kier alpha value is -4.32. The maximum Gasteiger partial charge on any atom is 0.300 e. The summed E-state index contributed by atoms with van der Waals surface area (Å²) in [6.07, 6.45) is 1.75. The molecular weight excluding hydrogens is 440 g/mol. The fourth-order valence-electron chi connectivity index (χ4n) is 4.56. The lowest BCUT2D eigenvalue weighted by atomic mass is 9.94. The molecule has 1 unspecified atom stereocenters. The molecule has 1 fully saturated rings. The second-order valence-corrected chi connectivity index (χ2v) is 8.99. The average molecular weight is 467 g/mol. The Morgan fingerprint density at radius 3 is 2.49 bits per heavy atom. The first-order chi connectivity index (χ1) is 16.8. The van der Waals surface area contributed by atoms with E-state index in [9.17, 15) is 14.7 Å². The number of H-pyrrole nitrogens is 1. The molecule has 1 atom stereocenters. The number of aryl methyl sites for hydroxylation is 1. The summed E-state index contributed by atoms with van der Waals surface area (Å²) in [6, 6.07) is 21.3. The van der Waals surface area contributed by atoms with E-state index < -0.39 is 17.7 Å². The number of nitrogens with one attached hydrogen (secondary N) is 1. The third-order valence-electron chi connectivity index (χ3n) is 6.15. The molecule has 5 rings (SSSR count). The summed E-state index contributed by atoms with van der Waals surface area (Å²) in [5.74, 6) is -1.07. The van der Waals surface area contributed by atoms with E-state index in [-0.39, 0.29) is 17.4 Å². The van der Waals surface area contributed by atoms with Crippen LogP contribution in [0.5, 0.6) is 5.75 Å². The van der Waals surface area contributed by atoms with E-state index in [1.165, 1.54) is 4.90 Å². The number of para-hydroxylation sites is 1. The molecular formula is C29H26N2O4. The zero-order valence-electron chi connectivity index (χ0n) is 19.8. The standard InChI is InChI=1S/C29H26N2O4/c1-17(2)35-21-8-6-7-19(15-21)27(32)25-26(23-16-30-24-10-5-4-9-22(23)24)31(29(34)28(25)33)20-13-11-18(3)12-14-20/h4-17,26,30,32H,1-3H3/b27-25+. The van der Waals surface area contributed by atoms with Gasteiger partial charge in [-0.2, -0.15) is 0 Å². The van der Waals surface area contributed by atoms with E-state index in [4.69, 9.17) is 4.74 Å². The largest absolute Gasteiger partial charge is 0.507 e. The number of rotatable bonds is 5. The van der Waals surface area contributed by atoms with Crippen LogP contribution in [0.4, 0.5) is 5.69 Å². The Morgan fingerprint density at radius 1 is 1.00 bits per heavy atom. The molecule has 0 radical (unpaired) electrons. The highest BCUT2D eigenvalue weighted by Gasteiger charge is 2.47. The number of Topliss-reactive ketones (excluding diaryl/α,β-unsaturated/α-hetero) is 1. The molecule has 35 heavy (non-hydrogen) atoms. The number of amides is 1. The Balaban J connectivity index is 1.73. The van der Waals surface area contributed by atoms with Gasteiger partial charge >= 0.3 is 0 Å². The Bertz CT molecular complexity index is 1460. The van der Waals surface area contributed by atoms with Crippen LogP contribution in [0, 0.1) is 6.92 Å². The van der Waals surface area contributed by atoms with Crippen molar-refractivity contribution in [3.8, 4) is 5.75 Å². The maximum atomic E-state index is 13.4. The molecule has 1 aliphatic heterocycles. The van der Waals surface area contributed by atoms with Gasteiger partial charge in [0.2, 0.25) is 0 Å². The molecule has 6 nitrogen and oxygen atoms in total. The number of hydrogen-bond donors (Lipinski definition) is 2. The molecule has 0 spiro atoms. The number of aliphatic hydroxyl groups excluding tert-OH is 1. The van der Waals surface area contributed by atoms with Crippen LogP contribution in [-0.2, 0) is 9.59 Å². The van der Waals surface area contributed by atoms with Gasteiger partial charge in [0, 0.05) is 33.9 Å². The molecule has 2 N–H and O–H groups in total. The van der Waals surface area contributed by atoms with E-state index in [0.717, 1.165) is 22.0 Å². The number of fused-ring (bicyclic) bond motifs is 1. The number of aromatic amines is 1. The normalized spacial score (nSPS) is 17.5. The number of carbonyl (C=O) groups excluding carboxylic acids is 2. The van der Waals surface area contributed by atoms with Gasteiger partial charge in [-0.15, -0.1) is 0 Å². The van der Waals surface area contributed by atoms with E-state index in [1.807, 2.05) is 69.3 Å². The molecule has 1 saturated heterocycles. The number of aliphatic hydroxyl groups is 1. The number of carbonyl (C=O) groups is 2. The summed E-state index contributed by atoms with van der Waals surface area (Å²) >= 11 is 0. The van der Waals surface area contributed by atoms with Crippen molar-refractivity contribution in [2.45, 2.75) is 32.9 Å². The minimum atomic E-state index is -0.802. The monoisotopic (exact) mass is 466 g/mol. The maximum absolute atomic E-state index is 13.4. The predicted octanol–water partition coefficient (Wildman–Crippen LogP) is 5.89. The van der Waals surface area contributed by atoms with Gasteiger partial charge in [-0.1, -0.05) is 48.0 Å². The number of nitrogens with zero attached hydrogens (tertiary/aromatic N) is 1. The van der Waals surface area contributed by atoms with Crippen LogP contribution in [0.25, 0.3) is 16.7 Å². The number of hydrogen-bond acceptors (Lipinski definition) is 4. The van der Waals surface area contributed by atoms with Crippen molar-refractivity contribution in [3.05, 3.63) is 101 Å². The summed E-state index contributed by atoms with van der Waals surface area (Å²) in [6.45, 7) is 5.79.